The molecular formula is C13H21N3O3. The minimum absolute atomic E-state index is 0.000516. The number of aliphatic hydroxyl groups excluding tert-OH is 1. The van der Waals surface area contributed by atoms with Crippen LogP contribution in [-0.2, 0) is 11.2 Å². The Labute approximate surface area is 112 Å². The first-order valence-electron chi connectivity index (χ1n) is 6.85. The van der Waals surface area contributed by atoms with Crippen LogP contribution < -0.4 is 5.32 Å². The molecule has 2 unspecified atom stereocenters. The number of hydrogen-bond acceptors (Lipinski definition) is 5. The van der Waals surface area contributed by atoms with Crippen molar-refractivity contribution < 1.29 is 14.4 Å². The number of aryl methyl sites for hydroxylation is 2. The highest BCUT2D eigenvalue weighted by atomic mass is 16.5. The summed E-state index contributed by atoms with van der Waals surface area (Å²) in [7, 11) is 0. The Morgan fingerprint density at radius 1 is 1.47 bits per heavy atom. The third kappa shape index (κ3) is 4.02. The highest BCUT2D eigenvalue weighted by Crippen LogP contribution is 2.30. The molecule has 1 aromatic rings. The van der Waals surface area contributed by atoms with E-state index in [1.165, 1.54) is 0 Å². The fraction of sp³-hybridized carbons (Fsp3) is 0.769. The molecule has 1 aliphatic carbocycles. The lowest BCUT2D eigenvalue weighted by atomic mass is 9.97. The van der Waals surface area contributed by atoms with Gasteiger partial charge in [0.1, 0.15) is 0 Å². The van der Waals surface area contributed by atoms with Crippen molar-refractivity contribution in [2.75, 3.05) is 13.2 Å². The van der Waals surface area contributed by atoms with E-state index in [4.69, 9.17) is 4.52 Å². The maximum atomic E-state index is 11.7. The Morgan fingerprint density at radius 3 is 2.95 bits per heavy atom. The molecule has 6 heteroatoms. The molecule has 1 amide bonds. The number of aliphatic hydroxyl groups is 1. The van der Waals surface area contributed by atoms with Gasteiger partial charge in [-0.05, 0) is 31.6 Å². The zero-order chi connectivity index (χ0) is 13.7. The van der Waals surface area contributed by atoms with Crippen LogP contribution in [-0.4, -0.2) is 34.3 Å². The molecule has 0 radical (unpaired) electrons. The van der Waals surface area contributed by atoms with Crippen molar-refractivity contribution in [1.29, 1.82) is 0 Å². The molecule has 19 heavy (non-hydrogen) atoms. The summed E-state index contributed by atoms with van der Waals surface area (Å²) in [5.74, 6) is 1.85. The molecule has 1 heterocycles. The molecule has 0 saturated heterocycles. The summed E-state index contributed by atoms with van der Waals surface area (Å²) in [6, 6.07) is 0. The first-order chi connectivity index (χ1) is 9.19. The predicted octanol–water partition coefficient (Wildman–Crippen LogP) is 0.835. The van der Waals surface area contributed by atoms with Gasteiger partial charge in [0, 0.05) is 26.0 Å². The van der Waals surface area contributed by atoms with Crippen molar-refractivity contribution in [2.24, 2.45) is 11.8 Å². The number of hydrogen-bond donors (Lipinski definition) is 2. The normalized spacial score (nSPS) is 22.6. The van der Waals surface area contributed by atoms with Gasteiger partial charge in [-0.1, -0.05) is 11.6 Å². The minimum Gasteiger partial charge on any atom is -0.396 e. The van der Waals surface area contributed by atoms with Gasteiger partial charge < -0.3 is 14.9 Å². The number of carbonyl (C=O) groups is 1. The summed E-state index contributed by atoms with van der Waals surface area (Å²) < 4.78 is 4.95. The van der Waals surface area contributed by atoms with Crippen molar-refractivity contribution in [1.82, 2.24) is 15.5 Å². The lowest BCUT2D eigenvalue weighted by Crippen LogP contribution is -2.31. The van der Waals surface area contributed by atoms with Crippen molar-refractivity contribution in [2.45, 2.75) is 39.0 Å². The van der Waals surface area contributed by atoms with Gasteiger partial charge in [-0.15, -0.1) is 0 Å². The van der Waals surface area contributed by atoms with Crippen molar-refractivity contribution in [3.05, 3.63) is 11.7 Å². The van der Waals surface area contributed by atoms with E-state index in [0.717, 1.165) is 19.3 Å². The van der Waals surface area contributed by atoms with E-state index < -0.39 is 0 Å². The monoisotopic (exact) mass is 267 g/mol. The average Bonchev–Trinajstić information content (AvgIpc) is 3.02. The van der Waals surface area contributed by atoms with Crippen LogP contribution in [0.2, 0.25) is 0 Å². The topological polar surface area (TPSA) is 88.2 Å². The zero-order valence-electron chi connectivity index (χ0n) is 11.3. The largest absolute Gasteiger partial charge is 0.396 e. The zero-order valence-corrected chi connectivity index (χ0v) is 11.3. The summed E-state index contributed by atoms with van der Waals surface area (Å²) >= 11 is 0. The summed E-state index contributed by atoms with van der Waals surface area (Å²) in [6.07, 6.45) is 4.14. The van der Waals surface area contributed by atoms with Gasteiger partial charge in [0.25, 0.3) is 0 Å². The predicted molar refractivity (Wildman–Crippen MR) is 68.3 cm³/mol. The summed E-state index contributed by atoms with van der Waals surface area (Å²) in [4.78, 5) is 15.8. The first-order valence-corrected chi connectivity index (χ1v) is 6.85. The fourth-order valence-electron chi connectivity index (χ4n) is 2.62. The molecule has 1 saturated carbocycles. The molecule has 0 spiro atoms. The number of aromatic nitrogens is 2. The molecule has 1 aliphatic rings. The fourth-order valence-corrected chi connectivity index (χ4v) is 2.62. The number of nitrogens with zero attached hydrogens (tertiary/aromatic N) is 2. The molecule has 0 aromatic carbocycles. The lowest BCUT2D eigenvalue weighted by molar-refractivity contribution is -0.121. The molecule has 106 valence electrons. The molecule has 6 nitrogen and oxygen atoms in total. The van der Waals surface area contributed by atoms with Gasteiger partial charge in [-0.25, -0.2) is 0 Å². The molecule has 2 rings (SSSR count). The third-order valence-corrected chi connectivity index (χ3v) is 3.75. The van der Waals surface area contributed by atoms with Crippen LogP contribution in [0.4, 0.5) is 0 Å². The van der Waals surface area contributed by atoms with E-state index in [9.17, 15) is 9.90 Å². The lowest BCUT2D eigenvalue weighted by Gasteiger charge is -2.17. The number of rotatable bonds is 6. The SMILES string of the molecule is Cc1noc(CCC(=O)NCC2CCCC2CO)n1. The minimum atomic E-state index is -0.000516. The van der Waals surface area contributed by atoms with Crippen molar-refractivity contribution >= 4 is 5.91 Å². The van der Waals surface area contributed by atoms with Gasteiger partial charge >= 0.3 is 0 Å². The van der Waals surface area contributed by atoms with E-state index in [0.29, 0.717) is 42.9 Å². The number of carbonyl (C=O) groups excluding carboxylic acids is 1. The van der Waals surface area contributed by atoms with E-state index in [-0.39, 0.29) is 12.5 Å². The molecule has 0 bridgehead atoms. The Hall–Kier alpha value is -1.43. The Balaban J connectivity index is 1.67. The second kappa shape index (κ2) is 6.65. The summed E-state index contributed by atoms with van der Waals surface area (Å²) in [5.41, 5.74) is 0. The quantitative estimate of drug-likeness (QED) is 0.797. The van der Waals surface area contributed by atoms with Crippen LogP contribution in [0.1, 0.15) is 37.4 Å². The average molecular weight is 267 g/mol. The Bertz CT molecular complexity index is 419. The van der Waals surface area contributed by atoms with Gasteiger partial charge in [0.2, 0.25) is 11.8 Å². The third-order valence-electron chi connectivity index (χ3n) is 3.75. The maximum Gasteiger partial charge on any atom is 0.227 e. The maximum absolute atomic E-state index is 11.7. The van der Waals surface area contributed by atoms with Crippen LogP contribution in [0.3, 0.4) is 0 Å². The second-order valence-electron chi connectivity index (χ2n) is 5.17. The van der Waals surface area contributed by atoms with Crippen LogP contribution in [0.5, 0.6) is 0 Å². The van der Waals surface area contributed by atoms with E-state index in [2.05, 4.69) is 15.5 Å². The molecule has 1 aromatic heterocycles. The number of nitrogens with one attached hydrogen (secondary N) is 1. The van der Waals surface area contributed by atoms with Crippen LogP contribution in [0.15, 0.2) is 4.52 Å². The Morgan fingerprint density at radius 2 is 2.26 bits per heavy atom. The van der Waals surface area contributed by atoms with Crippen molar-refractivity contribution in [3.63, 3.8) is 0 Å². The number of amides is 1. The van der Waals surface area contributed by atoms with Gasteiger partial charge in [-0.3, -0.25) is 4.79 Å². The highest BCUT2D eigenvalue weighted by molar-refractivity contribution is 5.76. The van der Waals surface area contributed by atoms with Crippen LogP contribution >= 0.6 is 0 Å². The van der Waals surface area contributed by atoms with Crippen LogP contribution in [0, 0.1) is 18.8 Å². The van der Waals surface area contributed by atoms with Gasteiger partial charge in [0.15, 0.2) is 5.82 Å². The molecule has 1 fully saturated rings. The summed E-state index contributed by atoms with van der Waals surface area (Å²) in [5, 5.41) is 15.8. The first kappa shape index (κ1) is 14.0. The molecule has 2 atom stereocenters. The van der Waals surface area contributed by atoms with Gasteiger partial charge in [-0.2, -0.15) is 4.98 Å². The van der Waals surface area contributed by atoms with Crippen molar-refractivity contribution in [3.8, 4) is 0 Å². The van der Waals surface area contributed by atoms with Crippen LogP contribution in [0.25, 0.3) is 0 Å². The van der Waals surface area contributed by atoms with E-state index >= 15 is 0 Å². The molecule has 2 N–H and O–H groups in total. The molecular weight excluding hydrogens is 246 g/mol. The Kier molecular flexibility index (Phi) is 4.90. The smallest absolute Gasteiger partial charge is 0.227 e. The van der Waals surface area contributed by atoms with Gasteiger partial charge in [0.05, 0.1) is 0 Å². The second-order valence-corrected chi connectivity index (χ2v) is 5.17. The summed E-state index contributed by atoms with van der Waals surface area (Å²) in [6.45, 7) is 2.64. The molecule has 0 aliphatic heterocycles. The van der Waals surface area contributed by atoms with E-state index in [1.54, 1.807) is 6.92 Å². The standard InChI is InChI=1S/C13H21N3O3/c1-9-15-13(19-16-9)6-5-12(18)14-7-10-3-2-4-11(10)8-17/h10-11,17H,2-8H2,1H3,(H,14,18). The van der Waals surface area contributed by atoms with E-state index in [1.807, 2.05) is 0 Å². The highest BCUT2D eigenvalue weighted by Gasteiger charge is 2.26.